The second-order valence-electron chi connectivity index (χ2n) is 4.78. The third-order valence-electron chi connectivity index (χ3n) is 3.27. The van der Waals surface area contributed by atoms with Crippen LogP contribution in [0.25, 0.3) is 11.1 Å². The molecule has 2 aromatic carbocycles. The van der Waals surface area contributed by atoms with E-state index in [-0.39, 0.29) is 11.6 Å². The summed E-state index contributed by atoms with van der Waals surface area (Å²) >= 11 is 0. The molecule has 0 radical (unpaired) electrons. The number of hydrogen-bond donors (Lipinski definition) is 2. The van der Waals surface area contributed by atoms with Crippen molar-refractivity contribution in [2.45, 2.75) is 13.0 Å². The molecule has 106 valence electrons. The molecule has 21 heavy (non-hydrogen) atoms. The van der Waals surface area contributed by atoms with E-state index in [1.807, 2.05) is 37.3 Å². The molecule has 1 atom stereocenters. The molecule has 3 rings (SSSR count). The Morgan fingerprint density at radius 2 is 2.00 bits per heavy atom. The maximum Gasteiger partial charge on any atom is 0.335 e. The lowest BCUT2D eigenvalue weighted by Gasteiger charge is -2.11. The van der Waals surface area contributed by atoms with Crippen LogP contribution in [0.5, 0.6) is 0 Å². The van der Waals surface area contributed by atoms with Gasteiger partial charge in [0.25, 0.3) is 6.01 Å². The molecule has 2 N–H and O–H groups in total. The number of hydrogen-bond acceptors (Lipinski definition) is 4. The smallest absolute Gasteiger partial charge is 0.335 e. The Hall–Kier alpha value is -2.82. The molecule has 0 amide bonds. The lowest BCUT2D eigenvalue weighted by atomic mass is 10.1. The molecule has 3 aromatic rings. The minimum Gasteiger partial charge on any atom is -0.478 e. The van der Waals surface area contributed by atoms with Crippen molar-refractivity contribution in [2.75, 3.05) is 5.32 Å². The van der Waals surface area contributed by atoms with Crippen molar-refractivity contribution in [3.05, 3.63) is 59.7 Å². The standard InChI is InChI=1S/C16H14N2O3/c1-10(11-5-3-2-4-6-11)17-16-18-13-8-7-12(15(19)20)9-14(13)21-16/h2-10H,1H3,(H,17,18)(H,19,20). The van der Waals surface area contributed by atoms with Gasteiger partial charge in [-0.3, -0.25) is 0 Å². The van der Waals surface area contributed by atoms with Crippen molar-refractivity contribution >= 4 is 23.1 Å². The Kier molecular flexibility index (Phi) is 3.31. The molecule has 0 aliphatic heterocycles. The van der Waals surface area contributed by atoms with Crippen LogP contribution in [0.1, 0.15) is 28.9 Å². The first-order valence-corrected chi connectivity index (χ1v) is 6.59. The van der Waals surface area contributed by atoms with E-state index >= 15 is 0 Å². The topological polar surface area (TPSA) is 75.4 Å². The quantitative estimate of drug-likeness (QED) is 0.763. The number of aromatic carboxylic acids is 1. The fourth-order valence-electron chi connectivity index (χ4n) is 2.13. The van der Waals surface area contributed by atoms with E-state index in [0.717, 1.165) is 5.56 Å². The summed E-state index contributed by atoms with van der Waals surface area (Å²) in [5.74, 6) is -0.986. The fourth-order valence-corrected chi connectivity index (χ4v) is 2.13. The largest absolute Gasteiger partial charge is 0.478 e. The van der Waals surface area contributed by atoms with Crippen molar-refractivity contribution in [3.8, 4) is 0 Å². The Labute approximate surface area is 121 Å². The monoisotopic (exact) mass is 282 g/mol. The van der Waals surface area contributed by atoms with Gasteiger partial charge in [-0.2, -0.15) is 4.98 Å². The number of oxazole rings is 1. The van der Waals surface area contributed by atoms with Crippen molar-refractivity contribution in [1.82, 2.24) is 4.98 Å². The molecule has 5 nitrogen and oxygen atoms in total. The summed E-state index contributed by atoms with van der Waals surface area (Å²) in [7, 11) is 0. The van der Waals surface area contributed by atoms with Crippen LogP contribution in [-0.2, 0) is 0 Å². The molecule has 1 aromatic heterocycles. The minimum atomic E-state index is -0.986. The zero-order valence-corrected chi connectivity index (χ0v) is 11.4. The highest BCUT2D eigenvalue weighted by molar-refractivity contribution is 5.92. The van der Waals surface area contributed by atoms with Gasteiger partial charge in [0.15, 0.2) is 5.58 Å². The summed E-state index contributed by atoms with van der Waals surface area (Å²) in [5, 5.41) is 12.1. The summed E-state index contributed by atoms with van der Waals surface area (Å²) in [6.45, 7) is 2.01. The first-order chi connectivity index (χ1) is 10.1. The van der Waals surface area contributed by atoms with Crippen molar-refractivity contribution in [3.63, 3.8) is 0 Å². The number of carbonyl (C=O) groups is 1. The average Bonchev–Trinajstić information content (AvgIpc) is 2.89. The Balaban J connectivity index is 1.86. The SMILES string of the molecule is CC(Nc1nc2ccc(C(=O)O)cc2o1)c1ccccc1. The van der Waals surface area contributed by atoms with E-state index in [2.05, 4.69) is 10.3 Å². The van der Waals surface area contributed by atoms with Crippen LogP contribution in [-0.4, -0.2) is 16.1 Å². The van der Waals surface area contributed by atoms with Crippen LogP contribution >= 0.6 is 0 Å². The van der Waals surface area contributed by atoms with Crippen LogP contribution in [0.3, 0.4) is 0 Å². The summed E-state index contributed by atoms with van der Waals surface area (Å²) < 4.78 is 5.57. The molecule has 0 saturated heterocycles. The summed E-state index contributed by atoms with van der Waals surface area (Å²) in [6.07, 6.45) is 0. The summed E-state index contributed by atoms with van der Waals surface area (Å²) in [4.78, 5) is 15.2. The number of carboxylic acid groups (broad SMARTS) is 1. The maximum atomic E-state index is 10.9. The summed E-state index contributed by atoms with van der Waals surface area (Å²) in [5.41, 5.74) is 2.38. The van der Waals surface area contributed by atoms with Gasteiger partial charge in [-0.05, 0) is 30.7 Å². The normalized spacial score (nSPS) is 12.2. The van der Waals surface area contributed by atoms with Crippen LogP contribution in [0.2, 0.25) is 0 Å². The third kappa shape index (κ3) is 2.72. The highest BCUT2D eigenvalue weighted by atomic mass is 16.4. The van der Waals surface area contributed by atoms with Crippen molar-refractivity contribution in [1.29, 1.82) is 0 Å². The molecule has 0 saturated carbocycles. The van der Waals surface area contributed by atoms with Crippen LogP contribution < -0.4 is 5.32 Å². The van der Waals surface area contributed by atoms with Crippen molar-refractivity contribution < 1.29 is 14.3 Å². The number of carboxylic acids is 1. The summed E-state index contributed by atoms with van der Waals surface area (Å²) in [6, 6.07) is 15.0. The molecule has 0 bridgehead atoms. The Morgan fingerprint density at radius 1 is 1.24 bits per heavy atom. The Morgan fingerprint density at radius 3 is 2.71 bits per heavy atom. The Bertz CT molecular complexity index is 781. The molecule has 0 aliphatic carbocycles. The number of nitrogens with zero attached hydrogens (tertiary/aromatic N) is 1. The third-order valence-corrected chi connectivity index (χ3v) is 3.27. The van der Waals surface area contributed by atoms with Gasteiger partial charge >= 0.3 is 5.97 Å². The van der Waals surface area contributed by atoms with Gasteiger partial charge in [0.2, 0.25) is 0 Å². The molecular weight excluding hydrogens is 268 g/mol. The molecule has 0 fully saturated rings. The van der Waals surface area contributed by atoms with Gasteiger partial charge in [0.05, 0.1) is 11.6 Å². The maximum absolute atomic E-state index is 10.9. The molecule has 1 unspecified atom stereocenters. The van der Waals surface area contributed by atoms with Crippen LogP contribution in [0.4, 0.5) is 6.01 Å². The number of rotatable bonds is 4. The van der Waals surface area contributed by atoms with Gasteiger partial charge < -0.3 is 14.8 Å². The first-order valence-electron chi connectivity index (χ1n) is 6.59. The van der Waals surface area contributed by atoms with Gasteiger partial charge in [0.1, 0.15) is 5.52 Å². The molecule has 1 heterocycles. The highest BCUT2D eigenvalue weighted by Crippen LogP contribution is 2.24. The fraction of sp³-hybridized carbons (Fsp3) is 0.125. The number of anilines is 1. The number of aromatic nitrogens is 1. The minimum absolute atomic E-state index is 0.0400. The second kappa shape index (κ2) is 5.28. The van der Waals surface area contributed by atoms with Crippen LogP contribution in [0.15, 0.2) is 52.9 Å². The average molecular weight is 282 g/mol. The predicted octanol–water partition coefficient (Wildman–Crippen LogP) is 3.70. The van der Waals surface area contributed by atoms with E-state index in [4.69, 9.17) is 9.52 Å². The highest BCUT2D eigenvalue weighted by Gasteiger charge is 2.12. The van der Waals surface area contributed by atoms with Crippen LogP contribution in [0, 0.1) is 0 Å². The number of nitrogens with one attached hydrogen (secondary N) is 1. The number of fused-ring (bicyclic) bond motifs is 1. The number of benzene rings is 2. The second-order valence-corrected chi connectivity index (χ2v) is 4.78. The molecule has 0 aliphatic rings. The molecule has 0 spiro atoms. The van der Waals surface area contributed by atoms with E-state index < -0.39 is 5.97 Å². The molecule has 5 heteroatoms. The van der Waals surface area contributed by atoms with Gasteiger partial charge in [0, 0.05) is 0 Å². The van der Waals surface area contributed by atoms with E-state index in [9.17, 15) is 4.79 Å². The zero-order valence-electron chi connectivity index (χ0n) is 11.4. The van der Waals surface area contributed by atoms with Crippen molar-refractivity contribution in [2.24, 2.45) is 0 Å². The lowest BCUT2D eigenvalue weighted by molar-refractivity contribution is 0.0697. The van der Waals surface area contributed by atoms with Gasteiger partial charge in [-0.1, -0.05) is 30.3 Å². The lowest BCUT2D eigenvalue weighted by Crippen LogP contribution is -2.06. The van der Waals surface area contributed by atoms with Gasteiger partial charge in [-0.25, -0.2) is 4.79 Å². The predicted molar refractivity (Wildman–Crippen MR) is 79.4 cm³/mol. The van der Waals surface area contributed by atoms with Gasteiger partial charge in [-0.15, -0.1) is 0 Å². The van der Waals surface area contributed by atoms with E-state index in [1.54, 1.807) is 6.07 Å². The van der Waals surface area contributed by atoms with E-state index in [1.165, 1.54) is 12.1 Å². The first kappa shape index (κ1) is 13.2. The molecular formula is C16H14N2O3. The zero-order chi connectivity index (χ0) is 14.8. The van der Waals surface area contributed by atoms with E-state index in [0.29, 0.717) is 17.1 Å².